The molecule has 1 aromatic carbocycles. The number of fused-ring (bicyclic) bond motifs is 1. The second-order valence-electron chi connectivity index (χ2n) is 4.79. The van der Waals surface area contributed by atoms with E-state index in [1.54, 1.807) is 29.8 Å². The molecule has 8 heteroatoms. The van der Waals surface area contributed by atoms with Crippen LogP contribution >= 0.6 is 11.3 Å². The van der Waals surface area contributed by atoms with Crippen LogP contribution in [0.2, 0.25) is 0 Å². The molecule has 23 heavy (non-hydrogen) atoms. The molecule has 0 atom stereocenters. The molecule has 120 valence electrons. The normalized spacial score (nSPS) is 11.6. The molecular weight excluding hydrogens is 334 g/mol. The number of ether oxygens (including phenoxy) is 1. The van der Waals surface area contributed by atoms with E-state index >= 15 is 0 Å². The molecule has 0 spiro atoms. The molecule has 3 aromatic rings. The highest BCUT2D eigenvalue weighted by atomic mass is 32.2. The predicted octanol–water partition coefficient (Wildman–Crippen LogP) is 3.20. The van der Waals surface area contributed by atoms with E-state index in [1.165, 1.54) is 17.4 Å². The van der Waals surface area contributed by atoms with Crippen LogP contribution in [0.1, 0.15) is 12.6 Å². The molecule has 0 bridgehead atoms. The first kappa shape index (κ1) is 15.7. The molecule has 6 nitrogen and oxygen atoms in total. The summed E-state index contributed by atoms with van der Waals surface area (Å²) in [5, 5.41) is 2.64. The van der Waals surface area contributed by atoms with Crippen molar-refractivity contribution in [2.24, 2.45) is 0 Å². The molecule has 0 radical (unpaired) electrons. The van der Waals surface area contributed by atoms with Crippen molar-refractivity contribution < 1.29 is 13.2 Å². The summed E-state index contributed by atoms with van der Waals surface area (Å²) in [5.41, 5.74) is 1.29. The summed E-state index contributed by atoms with van der Waals surface area (Å²) >= 11 is 1.25. The van der Waals surface area contributed by atoms with E-state index in [-0.39, 0.29) is 4.90 Å². The number of benzene rings is 1. The SMILES string of the molecule is CCOc1ccc(S(=O)(=O)Nc2nc(C)cs2)c2cccnc12. The minimum Gasteiger partial charge on any atom is -0.492 e. The van der Waals surface area contributed by atoms with Gasteiger partial charge in [0.25, 0.3) is 10.0 Å². The van der Waals surface area contributed by atoms with Gasteiger partial charge in [0.15, 0.2) is 5.13 Å². The largest absolute Gasteiger partial charge is 0.492 e. The number of pyridine rings is 1. The lowest BCUT2D eigenvalue weighted by molar-refractivity contribution is 0.343. The molecule has 3 rings (SSSR count). The molecule has 1 N–H and O–H groups in total. The second-order valence-corrected chi connectivity index (χ2v) is 7.30. The Morgan fingerprint density at radius 3 is 2.83 bits per heavy atom. The molecule has 0 aliphatic carbocycles. The first-order valence-corrected chi connectivity index (χ1v) is 9.33. The standard InChI is InChI=1S/C15H15N3O3S2/c1-3-21-12-6-7-13(11-5-4-8-16-14(11)12)23(19,20)18-15-17-10(2)9-22-15/h4-9H,3H2,1-2H3,(H,17,18). The maximum atomic E-state index is 12.7. The third-order valence-corrected chi connectivity index (χ3v) is 5.52. The zero-order valence-corrected chi connectivity index (χ0v) is 14.2. The number of aryl methyl sites for hydroxylation is 1. The molecule has 0 amide bonds. The van der Waals surface area contributed by atoms with E-state index < -0.39 is 10.0 Å². The maximum absolute atomic E-state index is 12.7. The van der Waals surface area contributed by atoms with E-state index in [4.69, 9.17) is 4.74 Å². The Balaban J connectivity index is 2.10. The summed E-state index contributed by atoms with van der Waals surface area (Å²) in [7, 11) is -3.76. The molecule has 2 heterocycles. The van der Waals surface area contributed by atoms with Gasteiger partial charge in [-0.25, -0.2) is 13.4 Å². The molecule has 0 saturated carbocycles. The molecule has 0 saturated heterocycles. The van der Waals surface area contributed by atoms with Gasteiger partial charge in [0.2, 0.25) is 0 Å². The van der Waals surface area contributed by atoms with Crippen LogP contribution in [0, 0.1) is 6.92 Å². The number of hydrogen-bond donors (Lipinski definition) is 1. The van der Waals surface area contributed by atoms with Crippen molar-refractivity contribution in [1.82, 2.24) is 9.97 Å². The number of rotatable bonds is 5. The summed E-state index contributed by atoms with van der Waals surface area (Å²) in [6.45, 7) is 4.16. The highest BCUT2D eigenvalue weighted by Crippen LogP contribution is 2.30. The number of aromatic nitrogens is 2. The minimum absolute atomic E-state index is 0.150. The summed E-state index contributed by atoms with van der Waals surface area (Å²) in [6, 6.07) is 6.56. The van der Waals surface area contributed by atoms with Crippen LogP contribution in [0.3, 0.4) is 0 Å². The Morgan fingerprint density at radius 2 is 2.13 bits per heavy atom. The van der Waals surface area contributed by atoms with E-state index in [1.807, 2.05) is 13.8 Å². The Kier molecular flexibility index (Phi) is 4.18. The fraction of sp³-hybridized carbons (Fsp3) is 0.200. The molecule has 0 fully saturated rings. The van der Waals surface area contributed by atoms with Crippen LogP contribution in [0.15, 0.2) is 40.7 Å². The van der Waals surface area contributed by atoms with E-state index in [0.717, 1.165) is 5.69 Å². The number of sulfonamides is 1. The number of nitrogens with one attached hydrogen (secondary N) is 1. The van der Waals surface area contributed by atoms with Gasteiger partial charge in [0.1, 0.15) is 11.3 Å². The van der Waals surface area contributed by atoms with Crippen LogP contribution in [0.4, 0.5) is 5.13 Å². The molecular formula is C15H15N3O3S2. The summed E-state index contributed by atoms with van der Waals surface area (Å²) in [4.78, 5) is 8.54. The lowest BCUT2D eigenvalue weighted by atomic mass is 10.2. The van der Waals surface area contributed by atoms with Crippen LogP contribution in [0.25, 0.3) is 10.9 Å². The number of hydrogen-bond acceptors (Lipinski definition) is 6. The van der Waals surface area contributed by atoms with Crippen molar-refractivity contribution >= 4 is 37.4 Å². The summed E-state index contributed by atoms with van der Waals surface area (Å²) in [6.07, 6.45) is 1.61. The van der Waals surface area contributed by atoms with Crippen molar-refractivity contribution in [1.29, 1.82) is 0 Å². The number of nitrogens with zero attached hydrogens (tertiary/aromatic N) is 2. The molecule has 0 unspecified atom stereocenters. The monoisotopic (exact) mass is 349 g/mol. The smallest absolute Gasteiger partial charge is 0.264 e. The Hall–Kier alpha value is -2.19. The quantitative estimate of drug-likeness (QED) is 0.765. The van der Waals surface area contributed by atoms with Crippen LogP contribution in [-0.2, 0) is 10.0 Å². The number of thiazole rings is 1. The number of anilines is 1. The van der Waals surface area contributed by atoms with Crippen molar-refractivity contribution in [3.05, 3.63) is 41.5 Å². The second kappa shape index (κ2) is 6.13. The van der Waals surface area contributed by atoms with Gasteiger partial charge in [0, 0.05) is 17.0 Å². The highest BCUT2D eigenvalue weighted by Gasteiger charge is 2.21. The maximum Gasteiger partial charge on any atom is 0.264 e. The zero-order valence-electron chi connectivity index (χ0n) is 12.6. The van der Waals surface area contributed by atoms with Gasteiger partial charge in [-0.2, -0.15) is 0 Å². The fourth-order valence-electron chi connectivity index (χ4n) is 2.20. The summed E-state index contributed by atoms with van der Waals surface area (Å²) < 4.78 is 33.4. The topological polar surface area (TPSA) is 81.2 Å². The van der Waals surface area contributed by atoms with Gasteiger partial charge in [-0.1, -0.05) is 0 Å². The van der Waals surface area contributed by atoms with Crippen molar-refractivity contribution in [3.63, 3.8) is 0 Å². The van der Waals surface area contributed by atoms with Gasteiger partial charge in [-0.3, -0.25) is 9.71 Å². The Bertz CT molecular complexity index is 952. The van der Waals surface area contributed by atoms with Crippen LogP contribution < -0.4 is 9.46 Å². The van der Waals surface area contributed by atoms with Crippen LogP contribution in [0.5, 0.6) is 5.75 Å². The first-order valence-electron chi connectivity index (χ1n) is 6.97. The lowest BCUT2D eigenvalue weighted by Crippen LogP contribution is -2.13. The predicted molar refractivity (Wildman–Crippen MR) is 90.6 cm³/mol. The third kappa shape index (κ3) is 3.13. The average Bonchev–Trinajstić information content (AvgIpc) is 2.92. The van der Waals surface area contributed by atoms with Crippen molar-refractivity contribution in [3.8, 4) is 5.75 Å². The summed E-state index contributed by atoms with van der Waals surface area (Å²) in [5.74, 6) is 0.562. The average molecular weight is 349 g/mol. The van der Waals surface area contributed by atoms with Crippen molar-refractivity contribution in [2.45, 2.75) is 18.7 Å². The van der Waals surface area contributed by atoms with Gasteiger partial charge < -0.3 is 4.74 Å². The Labute approximate surface area is 138 Å². The van der Waals surface area contributed by atoms with Crippen LogP contribution in [-0.4, -0.2) is 25.0 Å². The zero-order chi connectivity index (χ0) is 16.4. The van der Waals surface area contributed by atoms with Gasteiger partial charge in [-0.05, 0) is 38.1 Å². The van der Waals surface area contributed by atoms with Gasteiger partial charge in [0.05, 0.1) is 17.2 Å². The fourth-order valence-corrected chi connectivity index (χ4v) is 4.34. The molecule has 0 aliphatic rings. The molecule has 0 aliphatic heterocycles. The molecule has 2 aromatic heterocycles. The van der Waals surface area contributed by atoms with E-state index in [9.17, 15) is 8.42 Å². The lowest BCUT2D eigenvalue weighted by Gasteiger charge is -2.11. The minimum atomic E-state index is -3.76. The highest BCUT2D eigenvalue weighted by molar-refractivity contribution is 7.93. The Morgan fingerprint density at radius 1 is 1.30 bits per heavy atom. The van der Waals surface area contributed by atoms with Gasteiger partial charge in [-0.15, -0.1) is 11.3 Å². The third-order valence-electron chi connectivity index (χ3n) is 3.12. The van der Waals surface area contributed by atoms with E-state index in [0.29, 0.717) is 28.4 Å². The van der Waals surface area contributed by atoms with E-state index in [2.05, 4.69) is 14.7 Å². The van der Waals surface area contributed by atoms with Gasteiger partial charge >= 0.3 is 0 Å². The first-order chi connectivity index (χ1) is 11.0. The van der Waals surface area contributed by atoms with Crippen molar-refractivity contribution in [2.75, 3.05) is 11.3 Å².